The van der Waals surface area contributed by atoms with Crippen LogP contribution < -0.4 is 0 Å². The van der Waals surface area contributed by atoms with Gasteiger partial charge in [-0.15, -0.1) is 11.8 Å². The largest absolute Gasteiger partial charge is 0.379 e. The van der Waals surface area contributed by atoms with Gasteiger partial charge < -0.3 is 14.2 Å². The summed E-state index contributed by atoms with van der Waals surface area (Å²) in [6, 6.07) is 0. The second kappa shape index (κ2) is 6.65. The summed E-state index contributed by atoms with van der Waals surface area (Å²) in [5, 5.41) is 0.656. The van der Waals surface area contributed by atoms with Crippen molar-refractivity contribution in [3.05, 3.63) is 0 Å². The Kier molecular flexibility index (Phi) is 5.78. The van der Waals surface area contributed by atoms with Gasteiger partial charge in [0.15, 0.2) is 6.29 Å². The fourth-order valence-corrected chi connectivity index (χ4v) is 2.05. The molecule has 78 valence electrons. The Balaban J connectivity index is 2.05. The van der Waals surface area contributed by atoms with Crippen LogP contribution in [0.3, 0.4) is 0 Å². The first-order valence-electron chi connectivity index (χ1n) is 4.79. The lowest BCUT2D eigenvalue weighted by Crippen LogP contribution is -2.32. The van der Waals surface area contributed by atoms with Gasteiger partial charge in [0.1, 0.15) is 0 Å². The molecule has 0 aliphatic carbocycles. The Morgan fingerprint density at radius 3 is 2.31 bits per heavy atom. The van der Waals surface area contributed by atoms with E-state index in [0.29, 0.717) is 18.5 Å². The van der Waals surface area contributed by atoms with Crippen LogP contribution in [0.4, 0.5) is 0 Å². The van der Waals surface area contributed by atoms with E-state index in [4.69, 9.17) is 14.2 Å². The average Bonchev–Trinajstić information content (AvgIpc) is 2.02. The van der Waals surface area contributed by atoms with Crippen molar-refractivity contribution in [3.63, 3.8) is 0 Å². The lowest BCUT2D eigenvalue weighted by atomic mass is 10.4. The summed E-state index contributed by atoms with van der Waals surface area (Å²) in [5.41, 5.74) is 0. The fourth-order valence-electron chi connectivity index (χ4n) is 1.04. The van der Waals surface area contributed by atoms with E-state index in [1.165, 1.54) is 0 Å². The molecule has 1 fully saturated rings. The molecule has 0 amide bonds. The summed E-state index contributed by atoms with van der Waals surface area (Å²) in [6.07, 6.45) is -0.0411. The molecule has 0 radical (unpaired) electrons. The zero-order valence-corrected chi connectivity index (χ0v) is 9.14. The maximum Gasteiger partial charge on any atom is 0.166 e. The third-order valence-corrected chi connectivity index (χ3v) is 2.99. The third-order valence-electron chi connectivity index (χ3n) is 1.78. The molecule has 0 aromatic heterocycles. The second-order valence-corrected chi connectivity index (χ2v) is 4.17. The molecule has 1 rings (SSSR count). The molecule has 3 nitrogen and oxygen atoms in total. The molecule has 0 aromatic rings. The lowest BCUT2D eigenvalue weighted by Gasteiger charge is -2.27. The van der Waals surface area contributed by atoms with Gasteiger partial charge in [-0.1, -0.05) is 0 Å². The van der Waals surface area contributed by atoms with Crippen LogP contribution in [0.1, 0.15) is 13.8 Å². The molecule has 1 aliphatic rings. The quantitative estimate of drug-likeness (QED) is 0.590. The first-order chi connectivity index (χ1) is 6.36. The van der Waals surface area contributed by atoms with E-state index in [1.54, 1.807) is 0 Å². The number of ether oxygens (including phenoxy) is 3. The van der Waals surface area contributed by atoms with E-state index >= 15 is 0 Å². The average molecular weight is 206 g/mol. The number of rotatable bonds is 7. The van der Waals surface area contributed by atoms with Crippen LogP contribution in [0.5, 0.6) is 0 Å². The molecule has 4 heteroatoms. The Morgan fingerprint density at radius 1 is 1.31 bits per heavy atom. The predicted octanol–water partition coefficient (Wildman–Crippen LogP) is 1.52. The fraction of sp³-hybridized carbons (Fsp3) is 1.00. The summed E-state index contributed by atoms with van der Waals surface area (Å²) in [5.74, 6) is 0.912. The van der Waals surface area contributed by atoms with Crippen molar-refractivity contribution < 1.29 is 14.2 Å². The minimum absolute atomic E-state index is 0.0411. The monoisotopic (exact) mass is 206 g/mol. The van der Waals surface area contributed by atoms with Gasteiger partial charge >= 0.3 is 0 Å². The van der Waals surface area contributed by atoms with Crippen LogP contribution in [-0.2, 0) is 14.2 Å². The van der Waals surface area contributed by atoms with Gasteiger partial charge in [0.2, 0.25) is 0 Å². The first kappa shape index (κ1) is 11.3. The Morgan fingerprint density at radius 2 is 1.92 bits per heavy atom. The molecule has 1 saturated heterocycles. The molecule has 0 bridgehead atoms. The van der Waals surface area contributed by atoms with E-state index in [-0.39, 0.29) is 6.29 Å². The molecule has 13 heavy (non-hydrogen) atoms. The second-order valence-electron chi connectivity index (χ2n) is 2.83. The Labute approximate surface area is 84.1 Å². The zero-order chi connectivity index (χ0) is 9.52. The van der Waals surface area contributed by atoms with Crippen molar-refractivity contribution >= 4 is 11.8 Å². The molecule has 1 heterocycles. The number of thioether (sulfide) groups is 1. The van der Waals surface area contributed by atoms with Crippen molar-refractivity contribution in [1.29, 1.82) is 0 Å². The van der Waals surface area contributed by atoms with Crippen LogP contribution in [-0.4, -0.2) is 43.7 Å². The molecule has 0 saturated carbocycles. The number of hydrogen-bond donors (Lipinski definition) is 0. The lowest BCUT2D eigenvalue weighted by molar-refractivity contribution is -0.120. The van der Waals surface area contributed by atoms with E-state index in [2.05, 4.69) is 0 Å². The summed E-state index contributed by atoms with van der Waals surface area (Å²) < 4.78 is 15.9. The smallest absolute Gasteiger partial charge is 0.166 e. The van der Waals surface area contributed by atoms with E-state index in [9.17, 15) is 0 Å². The van der Waals surface area contributed by atoms with Crippen molar-refractivity contribution in [2.24, 2.45) is 0 Å². The zero-order valence-electron chi connectivity index (χ0n) is 8.32. The van der Waals surface area contributed by atoms with Crippen molar-refractivity contribution in [2.45, 2.75) is 25.4 Å². The van der Waals surface area contributed by atoms with Gasteiger partial charge in [-0.3, -0.25) is 0 Å². The van der Waals surface area contributed by atoms with Crippen LogP contribution in [0.2, 0.25) is 0 Å². The molecule has 0 N–H and O–H groups in total. The van der Waals surface area contributed by atoms with Gasteiger partial charge in [-0.05, 0) is 13.8 Å². The van der Waals surface area contributed by atoms with Gasteiger partial charge in [0.25, 0.3) is 0 Å². The van der Waals surface area contributed by atoms with Crippen LogP contribution in [0, 0.1) is 0 Å². The van der Waals surface area contributed by atoms with Crippen molar-refractivity contribution in [1.82, 2.24) is 0 Å². The minimum Gasteiger partial charge on any atom is -0.379 e. The van der Waals surface area contributed by atoms with E-state index < -0.39 is 0 Å². The van der Waals surface area contributed by atoms with Gasteiger partial charge in [-0.25, -0.2) is 0 Å². The molecule has 1 aliphatic heterocycles. The van der Waals surface area contributed by atoms with Crippen LogP contribution >= 0.6 is 11.8 Å². The Bertz CT molecular complexity index is 122. The molecular formula is C9H18O3S. The highest BCUT2D eigenvalue weighted by molar-refractivity contribution is 8.00. The summed E-state index contributed by atoms with van der Waals surface area (Å²) in [4.78, 5) is 0. The number of hydrogen-bond acceptors (Lipinski definition) is 4. The molecule has 0 spiro atoms. The normalized spacial score (nSPS) is 17.8. The first-order valence-corrected chi connectivity index (χ1v) is 5.84. The highest BCUT2D eigenvalue weighted by atomic mass is 32.2. The van der Waals surface area contributed by atoms with Crippen molar-refractivity contribution in [3.8, 4) is 0 Å². The summed E-state index contributed by atoms with van der Waals surface area (Å²) in [6.45, 7) is 7.18. The van der Waals surface area contributed by atoms with Crippen LogP contribution in [0.25, 0.3) is 0 Å². The molecule has 0 aromatic carbocycles. The summed E-state index contributed by atoms with van der Waals surface area (Å²) in [7, 11) is 0. The Hall–Kier alpha value is 0.230. The highest BCUT2D eigenvalue weighted by Crippen LogP contribution is 2.20. The van der Waals surface area contributed by atoms with Crippen molar-refractivity contribution in [2.75, 3.05) is 32.2 Å². The highest BCUT2D eigenvalue weighted by Gasteiger charge is 2.20. The topological polar surface area (TPSA) is 27.7 Å². The molecule has 0 unspecified atom stereocenters. The summed E-state index contributed by atoms with van der Waals surface area (Å²) >= 11 is 1.88. The van der Waals surface area contributed by atoms with Gasteiger partial charge in [0.05, 0.1) is 18.5 Å². The van der Waals surface area contributed by atoms with Gasteiger partial charge in [-0.2, -0.15) is 0 Å². The third kappa shape index (κ3) is 4.31. The predicted molar refractivity (Wildman–Crippen MR) is 54.1 cm³/mol. The SMILES string of the molecule is CCOC(CSC1COC1)OCC. The maximum absolute atomic E-state index is 5.42. The van der Waals surface area contributed by atoms with E-state index in [0.717, 1.165) is 19.0 Å². The molecule has 0 atom stereocenters. The molecular weight excluding hydrogens is 188 g/mol. The maximum atomic E-state index is 5.42. The standard InChI is InChI=1S/C9H18O3S/c1-3-11-9(12-4-2)7-13-8-5-10-6-8/h8-9H,3-7H2,1-2H3. The van der Waals surface area contributed by atoms with E-state index in [1.807, 2.05) is 25.6 Å². The van der Waals surface area contributed by atoms with Gasteiger partial charge in [0, 0.05) is 19.0 Å². The minimum atomic E-state index is -0.0411. The van der Waals surface area contributed by atoms with Crippen LogP contribution in [0.15, 0.2) is 0 Å².